The normalized spacial score (nSPS) is 10.9. The van der Waals surface area contributed by atoms with Crippen molar-refractivity contribution in [1.82, 2.24) is 0 Å². The van der Waals surface area contributed by atoms with E-state index in [1.54, 1.807) is 0 Å². The third kappa shape index (κ3) is 4.19. The van der Waals surface area contributed by atoms with Gasteiger partial charge >= 0.3 is 0 Å². The van der Waals surface area contributed by atoms with Crippen LogP contribution in [0.5, 0.6) is 0 Å². The van der Waals surface area contributed by atoms with Gasteiger partial charge in [0, 0.05) is 5.69 Å². The van der Waals surface area contributed by atoms with E-state index in [4.69, 9.17) is 0 Å². The van der Waals surface area contributed by atoms with Crippen LogP contribution < -0.4 is 5.32 Å². The van der Waals surface area contributed by atoms with Gasteiger partial charge in [-0.3, -0.25) is 9.59 Å². The van der Waals surface area contributed by atoms with Gasteiger partial charge in [0.2, 0.25) is 5.91 Å². The summed E-state index contributed by atoms with van der Waals surface area (Å²) in [7, 11) is 0. The minimum absolute atomic E-state index is 0.0660. The highest BCUT2D eigenvalue weighted by atomic mass is 16.2. The van der Waals surface area contributed by atoms with Gasteiger partial charge in [0.05, 0.1) is 6.42 Å². The lowest BCUT2D eigenvalue weighted by Crippen LogP contribution is -2.17. The van der Waals surface area contributed by atoms with E-state index in [-0.39, 0.29) is 18.1 Å². The first kappa shape index (κ1) is 15.4. The van der Waals surface area contributed by atoms with Crippen LogP contribution in [0.2, 0.25) is 0 Å². The predicted molar refractivity (Wildman–Crippen MR) is 78.5 cm³/mol. The predicted octanol–water partition coefficient (Wildman–Crippen LogP) is 3.85. The van der Waals surface area contributed by atoms with Gasteiger partial charge in [-0.1, -0.05) is 39.8 Å². The van der Waals surface area contributed by atoms with Crippen molar-refractivity contribution in [2.45, 2.75) is 52.9 Å². The molecule has 3 heteroatoms. The summed E-state index contributed by atoms with van der Waals surface area (Å²) < 4.78 is 0. The number of carbonyl (C=O) groups is 2. The summed E-state index contributed by atoms with van der Waals surface area (Å²) in [5.41, 5.74) is 3.23. The molecule has 0 aliphatic rings. The average Bonchev–Trinajstić information content (AvgIpc) is 2.26. The zero-order chi connectivity index (χ0) is 14.6. The van der Waals surface area contributed by atoms with E-state index in [1.165, 1.54) is 12.5 Å². The molecule has 19 heavy (non-hydrogen) atoms. The molecule has 0 fully saturated rings. The number of hydrogen-bond acceptors (Lipinski definition) is 2. The second-order valence-electron chi connectivity index (χ2n) is 5.54. The second-order valence-corrected chi connectivity index (χ2v) is 5.54. The molecule has 0 bridgehead atoms. The summed E-state index contributed by atoms with van der Waals surface area (Å²) in [5, 5.41) is 2.86. The lowest BCUT2D eigenvalue weighted by atomic mass is 9.89. The van der Waals surface area contributed by atoms with Gasteiger partial charge in [-0.25, -0.2) is 0 Å². The van der Waals surface area contributed by atoms with Crippen LogP contribution in [0.1, 0.15) is 64.0 Å². The maximum atomic E-state index is 11.7. The molecule has 0 heterocycles. The van der Waals surface area contributed by atoms with Gasteiger partial charge in [0.1, 0.15) is 5.78 Å². The van der Waals surface area contributed by atoms with Crippen LogP contribution in [0.4, 0.5) is 5.69 Å². The smallest absolute Gasteiger partial charge is 0.231 e. The zero-order valence-corrected chi connectivity index (χ0v) is 12.4. The highest BCUT2D eigenvalue weighted by molar-refractivity contribution is 6.03. The molecule has 104 valence electrons. The molecule has 1 aromatic rings. The van der Waals surface area contributed by atoms with Gasteiger partial charge in [0.25, 0.3) is 0 Å². The molecule has 1 N–H and O–H groups in total. The van der Waals surface area contributed by atoms with Crippen LogP contribution in [-0.4, -0.2) is 11.7 Å². The van der Waals surface area contributed by atoms with Crippen LogP contribution >= 0.6 is 0 Å². The molecule has 1 amide bonds. The lowest BCUT2D eigenvalue weighted by Gasteiger charge is -2.20. The minimum Gasteiger partial charge on any atom is -0.325 e. The summed E-state index contributed by atoms with van der Waals surface area (Å²) >= 11 is 0. The third-order valence-electron chi connectivity index (χ3n) is 3.02. The Morgan fingerprint density at radius 1 is 1.11 bits per heavy atom. The molecule has 0 atom stereocenters. The van der Waals surface area contributed by atoms with Crippen molar-refractivity contribution < 1.29 is 9.59 Å². The van der Waals surface area contributed by atoms with Crippen molar-refractivity contribution >= 4 is 17.4 Å². The Labute approximate surface area is 115 Å². The Kier molecular flexibility index (Phi) is 5.28. The molecule has 1 rings (SSSR count). The highest BCUT2D eigenvalue weighted by Gasteiger charge is 2.16. The molecule has 0 aromatic heterocycles. The number of Topliss-reactive ketones (excluding diaryl/α,β-unsaturated/α-hetero) is 1. The number of anilines is 1. The van der Waals surface area contributed by atoms with E-state index < -0.39 is 0 Å². The molecule has 0 aliphatic heterocycles. The fourth-order valence-corrected chi connectivity index (χ4v) is 2.26. The molecular weight excluding hydrogens is 238 g/mol. The number of hydrogen-bond donors (Lipinski definition) is 1. The molecule has 0 spiro atoms. The number of benzene rings is 1. The molecule has 3 nitrogen and oxygen atoms in total. The maximum absolute atomic E-state index is 11.7. The van der Waals surface area contributed by atoms with Gasteiger partial charge in [-0.05, 0) is 36.0 Å². The quantitative estimate of drug-likeness (QED) is 0.818. The number of nitrogens with one attached hydrogen (secondary N) is 1. The van der Waals surface area contributed by atoms with Crippen molar-refractivity contribution in [3.05, 3.63) is 29.3 Å². The van der Waals surface area contributed by atoms with E-state index in [9.17, 15) is 9.59 Å². The highest BCUT2D eigenvalue weighted by Crippen LogP contribution is 2.32. The molecular formula is C16H23NO2. The summed E-state index contributed by atoms with van der Waals surface area (Å²) in [6, 6.07) is 5.95. The number of rotatable bonds is 5. The van der Waals surface area contributed by atoms with Crippen molar-refractivity contribution in [3.63, 3.8) is 0 Å². The van der Waals surface area contributed by atoms with Crippen molar-refractivity contribution in [2.24, 2.45) is 0 Å². The van der Waals surface area contributed by atoms with E-state index in [1.807, 2.05) is 12.1 Å². The molecule has 0 unspecified atom stereocenters. The first-order valence-electron chi connectivity index (χ1n) is 6.75. The summed E-state index contributed by atoms with van der Waals surface area (Å²) in [6.45, 7) is 9.93. The fourth-order valence-electron chi connectivity index (χ4n) is 2.26. The van der Waals surface area contributed by atoms with E-state index in [0.717, 1.165) is 11.3 Å². The molecule has 0 aliphatic carbocycles. The van der Waals surface area contributed by atoms with Crippen molar-refractivity contribution in [1.29, 1.82) is 0 Å². The maximum Gasteiger partial charge on any atom is 0.231 e. The monoisotopic (exact) mass is 261 g/mol. The topological polar surface area (TPSA) is 46.2 Å². The van der Waals surface area contributed by atoms with Gasteiger partial charge in [-0.2, -0.15) is 0 Å². The molecule has 0 saturated carbocycles. The van der Waals surface area contributed by atoms with Gasteiger partial charge in [-0.15, -0.1) is 0 Å². The van der Waals surface area contributed by atoms with Crippen LogP contribution in [-0.2, 0) is 9.59 Å². The van der Waals surface area contributed by atoms with E-state index in [0.29, 0.717) is 11.8 Å². The Morgan fingerprint density at radius 3 is 2.21 bits per heavy atom. The van der Waals surface area contributed by atoms with Crippen molar-refractivity contribution in [2.75, 3.05) is 5.32 Å². The number of amides is 1. The first-order valence-corrected chi connectivity index (χ1v) is 6.75. The summed E-state index contributed by atoms with van der Waals surface area (Å²) in [5.74, 6) is 0.368. The average molecular weight is 261 g/mol. The van der Waals surface area contributed by atoms with Gasteiger partial charge < -0.3 is 5.32 Å². The largest absolute Gasteiger partial charge is 0.325 e. The Balaban J connectivity index is 3.10. The fraction of sp³-hybridized carbons (Fsp3) is 0.500. The van der Waals surface area contributed by atoms with Crippen molar-refractivity contribution in [3.8, 4) is 0 Å². The third-order valence-corrected chi connectivity index (χ3v) is 3.02. The second kappa shape index (κ2) is 6.50. The Morgan fingerprint density at radius 2 is 1.74 bits per heavy atom. The van der Waals surface area contributed by atoms with E-state index >= 15 is 0 Å². The van der Waals surface area contributed by atoms with Crippen LogP contribution in [0.3, 0.4) is 0 Å². The van der Waals surface area contributed by atoms with Gasteiger partial charge in [0.15, 0.2) is 0 Å². The molecule has 0 radical (unpaired) electrons. The Hall–Kier alpha value is -1.64. The molecule has 1 aromatic carbocycles. The zero-order valence-electron chi connectivity index (χ0n) is 12.4. The lowest BCUT2D eigenvalue weighted by molar-refractivity contribution is -0.124. The van der Waals surface area contributed by atoms with Crippen LogP contribution in [0.15, 0.2) is 18.2 Å². The van der Waals surface area contributed by atoms with E-state index in [2.05, 4.69) is 39.1 Å². The standard InChI is InChI=1S/C16H23NO2/c1-10(2)13-7-6-8-14(16(13)11(3)4)17-15(19)9-12(5)18/h6-8,10-11H,9H2,1-5H3,(H,17,19). The Bertz CT molecular complexity index is 476. The number of carbonyl (C=O) groups excluding carboxylic acids is 2. The SMILES string of the molecule is CC(=O)CC(=O)Nc1cccc(C(C)C)c1C(C)C. The summed E-state index contributed by atoms with van der Waals surface area (Å²) in [4.78, 5) is 22.7. The van der Waals surface area contributed by atoms with Crippen LogP contribution in [0.25, 0.3) is 0 Å². The summed E-state index contributed by atoms with van der Waals surface area (Å²) in [6.07, 6.45) is -0.0660. The minimum atomic E-state index is -0.240. The molecule has 0 saturated heterocycles. The first-order chi connectivity index (χ1) is 8.82. The van der Waals surface area contributed by atoms with Crippen LogP contribution in [0, 0.1) is 0 Å². The number of ketones is 1.